The van der Waals surface area contributed by atoms with Gasteiger partial charge in [-0.15, -0.1) is 0 Å². The highest BCUT2D eigenvalue weighted by atomic mass is 79.9. The number of ether oxygens (including phenoxy) is 2. The van der Waals surface area contributed by atoms with Gasteiger partial charge in [-0.1, -0.05) is 15.9 Å². The third-order valence-corrected chi connectivity index (χ3v) is 3.30. The Kier molecular flexibility index (Phi) is 4.92. The summed E-state index contributed by atoms with van der Waals surface area (Å²) < 4.78 is 12.9. The van der Waals surface area contributed by atoms with Crippen molar-refractivity contribution in [2.24, 2.45) is 0 Å². The van der Waals surface area contributed by atoms with Crippen molar-refractivity contribution in [3.63, 3.8) is 0 Å². The zero-order chi connectivity index (χ0) is 14.5. The number of esters is 1. The van der Waals surface area contributed by atoms with Crippen LogP contribution >= 0.6 is 15.9 Å². The molecule has 0 aliphatic heterocycles. The van der Waals surface area contributed by atoms with E-state index in [2.05, 4.69) is 20.9 Å². The summed E-state index contributed by atoms with van der Waals surface area (Å²) in [5.74, 6) is -0.454. The van der Waals surface area contributed by atoms with Gasteiger partial charge in [-0.05, 0) is 31.2 Å². The summed E-state index contributed by atoms with van der Waals surface area (Å²) in [7, 11) is 1.57. The van der Waals surface area contributed by atoms with Crippen molar-refractivity contribution in [2.45, 2.75) is 13.0 Å². The number of rotatable bonds is 5. The Morgan fingerprint density at radius 2 is 2.10 bits per heavy atom. The molecule has 2 rings (SSSR count). The first kappa shape index (κ1) is 14.7. The number of halogens is 1. The van der Waals surface area contributed by atoms with E-state index >= 15 is 0 Å². The van der Waals surface area contributed by atoms with Gasteiger partial charge >= 0.3 is 5.97 Å². The number of methoxy groups -OCH3 is 1. The molecule has 1 heterocycles. The van der Waals surface area contributed by atoms with E-state index in [1.54, 1.807) is 24.2 Å². The number of aromatic nitrogens is 2. The van der Waals surface area contributed by atoms with Gasteiger partial charge in [0.1, 0.15) is 12.9 Å². The topological polar surface area (TPSA) is 53.4 Å². The molecule has 20 heavy (non-hydrogen) atoms. The standard InChI is InChI=1S/C14H15BrN2O3/c1-10(19-2)8-20-14(18)13-7-17(9-16-13)12-5-3-11(15)4-6-12/h3-7,9-10H,8H2,1-2H3/t10-/m0/s1. The van der Waals surface area contributed by atoms with Gasteiger partial charge in [0, 0.05) is 23.5 Å². The third kappa shape index (κ3) is 3.68. The molecular weight excluding hydrogens is 324 g/mol. The van der Waals surface area contributed by atoms with Gasteiger partial charge in [-0.3, -0.25) is 0 Å². The maximum Gasteiger partial charge on any atom is 0.358 e. The zero-order valence-corrected chi connectivity index (χ0v) is 12.8. The van der Waals surface area contributed by atoms with Crippen LogP contribution in [0.25, 0.3) is 5.69 Å². The second kappa shape index (κ2) is 6.67. The third-order valence-electron chi connectivity index (χ3n) is 2.77. The molecule has 1 aromatic heterocycles. The monoisotopic (exact) mass is 338 g/mol. The van der Waals surface area contributed by atoms with Crippen LogP contribution in [0.4, 0.5) is 0 Å². The fourth-order valence-corrected chi connectivity index (χ4v) is 1.78. The van der Waals surface area contributed by atoms with E-state index in [1.165, 1.54) is 0 Å². The fourth-order valence-electron chi connectivity index (χ4n) is 1.52. The number of benzene rings is 1. The lowest BCUT2D eigenvalue weighted by Gasteiger charge is -2.08. The van der Waals surface area contributed by atoms with E-state index in [1.807, 2.05) is 31.2 Å². The summed E-state index contributed by atoms with van der Waals surface area (Å²) in [5, 5.41) is 0. The van der Waals surface area contributed by atoms with E-state index in [9.17, 15) is 4.79 Å². The molecule has 0 radical (unpaired) electrons. The molecule has 0 aliphatic rings. The lowest BCUT2D eigenvalue weighted by atomic mass is 10.3. The molecule has 2 aromatic rings. The van der Waals surface area contributed by atoms with Gasteiger partial charge < -0.3 is 14.0 Å². The Hall–Kier alpha value is -1.66. The smallest absolute Gasteiger partial charge is 0.358 e. The van der Waals surface area contributed by atoms with Crippen LogP contribution in [0.3, 0.4) is 0 Å². The summed E-state index contributed by atoms with van der Waals surface area (Å²) in [4.78, 5) is 15.9. The highest BCUT2D eigenvalue weighted by Crippen LogP contribution is 2.14. The Bertz CT molecular complexity index is 580. The molecule has 1 atom stereocenters. The van der Waals surface area contributed by atoms with Crippen molar-refractivity contribution in [3.05, 3.63) is 47.0 Å². The van der Waals surface area contributed by atoms with Crippen LogP contribution in [0.15, 0.2) is 41.3 Å². The summed E-state index contributed by atoms with van der Waals surface area (Å²) in [6, 6.07) is 7.70. The number of carbonyl (C=O) groups is 1. The van der Waals surface area contributed by atoms with E-state index in [0.717, 1.165) is 10.2 Å². The van der Waals surface area contributed by atoms with E-state index in [0.29, 0.717) is 0 Å². The predicted molar refractivity (Wildman–Crippen MR) is 78.0 cm³/mol. The van der Waals surface area contributed by atoms with Crippen molar-refractivity contribution in [1.29, 1.82) is 0 Å². The summed E-state index contributed by atoms with van der Waals surface area (Å²) in [6.07, 6.45) is 3.09. The molecule has 0 saturated heterocycles. The highest BCUT2D eigenvalue weighted by molar-refractivity contribution is 9.10. The van der Waals surface area contributed by atoms with Gasteiger partial charge in [-0.2, -0.15) is 0 Å². The largest absolute Gasteiger partial charge is 0.458 e. The number of imidazole rings is 1. The van der Waals surface area contributed by atoms with Crippen molar-refractivity contribution in [3.8, 4) is 5.69 Å². The summed E-state index contributed by atoms with van der Waals surface area (Å²) in [5.41, 5.74) is 1.20. The van der Waals surface area contributed by atoms with Crippen molar-refractivity contribution >= 4 is 21.9 Å². The average Bonchev–Trinajstić information content (AvgIpc) is 2.95. The van der Waals surface area contributed by atoms with Crippen LogP contribution in [0, 0.1) is 0 Å². The predicted octanol–water partition coefficient (Wildman–Crippen LogP) is 2.83. The number of carbonyl (C=O) groups excluding carboxylic acids is 1. The molecule has 6 heteroatoms. The van der Waals surface area contributed by atoms with E-state index < -0.39 is 5.97 Å². The summed E-state index contributed by atoms with van der Waals surface area (Å²) >= 11 is 3.38. The number of hydrogen-bond acceptors (Lipinski definition) is 4. The average molecular weight is 339 g/mol. The fraction of sp³-hybridized carbons (Fsp3) is 0.286. The molecule has 0 aliphatic carbocycles. The van der Waals surface area contributed by atoms with Crippen LogP contribution in [-0.4, -0.2) is 35.3 Å². The molecule has 0 amide bonds. The Morgan fingerprint density at radius 1 is 1.40 bits per heavy atom. The first-order chi connectivity index (χ1) is 9.60. The van der Waals surface area contributed by atoms with Crippen LogP contribution in [0.5, 0.6) is 0 Å². The minimum atomic E-state index is -0.454. The highest BCUT2D eigenvalue weighted by Gasteiger charge is 2.13. The van der Waals surface area contributed by atoms with Crippen molar-refractivity contribution < 1.29 is 14.3 Å². The molecule has 106 valence electrons. The van der Waals surface area contributed by atoms with Gasteiger partial charge in [-0.25, -0.2) is 9.78 Å². The van der Waals surface area contributed by atoms with Crippen LogP contribution in [0.1, 0.15) is 17.4 Å². The molecule has 0 bridgehead atoms. The molecule has 0 saturated carbocycles. The second-order valence-electron chi connectivity index (χ2n) is 4.29. The molecule has 0 unspecified atom stereocenters. The van der Waals surface area contributed by atoms with Gasteiger partial charge in [0.05, 0.1) is 6.10 Å². The number of hydrogen-bond donors (Lipinski definition) is 0. The molecule has 0 fully saturated rings. The van der Waals surface area contributed by atoms with Gasteiger partial charge in [0.25, 0.3) is 0 Å². The maximum absolute atomic E-state index is 11.8. The molecule has 1 aromatic carbocycles. The molecule has 0 spiro atoms. The minimum absolute atomic E-state index is 0.132. The quantitative estimate of drug-likeness (QED) is 0.786. The first-order valence-corrected chi connectivity index (χ1v) is 6.89. The maximum atomic E-state index is 11.8. The zero-order valence-electron chi connectivity index (χ0n) is 11.2. The van der Waals surface area contributed by atoms with E-state index in [-0.39, 0.29) is 18.4 Å². The minimum Gasteiger partial charge on any atom is -0.458 e. The SMILES string of the molecule is CO[C@@H](C)COC(=O)c1cn(-c2ccc(Br)cc2)cn1. The Balaban J connectivity index is 2.05. The molecule has 0 N–H and O–H groups in total. The lowest BCUT2D eigenvalue weighted by Crippen LogP contribution is -2.17. The first-order valence-electron chi connectivity index (χ1n) is 6.10. The molecule has 5 nitrogen and oxygen atoms in total. The Labute approximate surface area is 125 Å². The lowest BCUT2D eigenvalue weighted by molar-refractivity contribution is 0.0164. The molecular formula is C14H15BrN2O3. The normalized spacial score (nSPS) is 12.2. The van der Waals surface area contributed by atoms with Crippen LogP contribution in [0.2, 0.25) is 0 Å². The van der Waals surface area contributed by atoms with E-state index in [4.69, 9.17) is 9.47 Å². The van der Waals surface area contributed by atoms with Crippen LogP contribution in [-0.2, 0) is 9.47 Å². The van der Waals surface area contributed by atoms with Crippen molar-refractivity contribution in [2.75, 3.05) is 13.7 Å². The summed E-state index contributed by atoms with van der Waals surface area (Å²) in [6.45, 7) is 2.04. The van der Waals surface area contributed by atoms with Gasteiger partial charge in [0.15, 0.2) is 5.69 Å². The number of nitrogens with zero attached hydrogens (tertiary/aromatic N) is 2. The van der Waals surface area contributed by atoms with Crippen LogP contribution < -0.4 is 0 Å². The van der Waals surface area contributed by atoms with Crippen molar-refractivity contribution in [1.82, 2.24) is 9.55 Å². The second-order valence-corrected chi connectivity index (χ2v) is 5.20. The Morgan fingerprint density at radius 3 is 2.75 bits per heavy atom. The van der Waals surface area contributed by atoms with Gasteiger partial charge in [0.2, 0.25) is 0 Å².